The number of rotatable bonds is 0. The van der Waals surface area contributed by atoms with Crippen molar-refractivity contribution >= 4 is 11.9 Å². The number of cyclic esters (lactones) is 2. The van der Waals surface area contributed by atoms with Crippen molar-refractivity contribution in [3.05, 3.63) is 0 Å². The lowest BCUT2D eigenvalue weighted by Crippen LogP contribution is -2.36. The van der Waals surface area contributed by atoms with E-state index in [1.165, 1.54) is 0 Å². The van der Waals surface area contributed by atoms with E-state index in [9.17, 15) is 9.59 Å². The lowest BCUT2D eigenvalue weighted by atomic mass is 9.67. The molecule has 0 aromatic heterocycles. The standard InChI is InChI=1S/C7H8O3/c1-3-2-4-5(3)7(9)10-6(4)8/h3-5H,2H2,1H3. The molecule has 0 bridgehead atoms. The second-order valence-electron chi connectivity index (χ2n) is 3.09. The summed E-state index contributed by atoms with van der Waals surface area (Å²) in [6.45, 7) is 1.97. The van der Waals surface area contributed by atoms with E-state index >= 15 is 0 Å². The SMILES string of the molecule is CC1CC2C(=O)OC(=O)C12. The smallest absolute Gasteiger partial charge is 0.317 e. The fourth-order valence-corrected chi connectivity index (χ4v) is 1.78. The molecule has 1 aliphatic heterocycles. The number of carbonyl (C=O) groups is 2. The molecular weight excluding hydrogens is 132 g/mol. The highest BCUT2D eigenvalue weighted by Gasteiger charge is 2.54. The highest BCUT2D eigenvalue weighted by atomic mass is 16.6. The summed E-state index contributed by atoms with van der Waals surface area (Å²) in [6.07, 6.45) is 0.829. The first-order chi connectivity index (χ1) is 4.70. The number of fused-ring (bicyclic) bond motifs is 1. The van der Waals surface area contributed by atoms with E-state index in [1.807, 2.05) is 6.92 Å². The van der Waals surface area contributed by atoms with Gasteiger partial charge in [-0.05, 0) is 12.3 Å². The molecule has 1 saturated carbocycles. The summed E-state index contributed by atoms with van der Waals surface area (Å²) in [5.41, 5.74) is 0. The first kappa shape index (κ1) is 5.89. The Bertz CT molecular complexity index is 209. The summed E-state index contributed by atoms with van der Waals surface area (Å²) in [5.74, 6) is -0.471. The number of hydrogen-bond donors (Lipinski definition) is 0. The van der Waals surface area contributed by atoms with Gasteiger partial charge in [0.25, 0.3) is 0 Å². The zero-order chi connectivity index (χ0) is 7.30. The summed E-state index contributed by atoms with van der Waals surface area (Å²) in [6, 6.07) is 0. The van der Waals surface area contributed by atoms with E-state index in [4.69, 9.17) is 0 Å². The molecule has 2 fully saturated rings. The topological polar surface area (TPSA) is 43.4 Å². The minimum Gasteiger partial charge on any atom is -0.393 e. The average molecular weight is 140 g/mol. The highest BCUT2D eigenvalue weighted by molar-refractivity contribution is 5.98. The highest BCUT2D eigenvalue weighted by Crippen LogP contribution is 2.45. The Balaban J connectivity index is 2.24. The van der Waals surface area contributed by atoms with Gasteiger partial charge in [-0.3, -0.25) is 9.59 Å². The van der Waals surface area contributed by atoms with Crippen LogP contribution in [0.5, 0.6) is 0 Å². The molecule has 3 atom stereocenters. The zero-order valence-electron chi connectivity index (χ0n) is 5.66. The molecule has 2 aliphatic rings. The summed E-state index contributed by atoms with van der Waals surface area (Å²) in [7, 11) is 0. The van der Waals surface area contributed by atoms with Crippen molar-refractivity contribution in [2.45, 2.75) is 13.3 Å². The van der Waals surface area contributed by atoms with Crippen LogP contribution in [-0.4, -0.2) is 11.9 Å². The molecule has 54 valence electrons. The summed E-state index contributed by atoms with van der Waals surface area (Å²) in [5, 5.41) is 0. The molecule has 1 heterocycles. The Morgan fingerprint density at radius 2 is 2.10 bits per heavy atom. The molecule has 10 heavy (non-hydrogen) atoms. The number of hydrogen-bond acceptors (Lipinski definition) is 3. The lowest BCUT2D eigenvalue weighted by Gasteiger charge is -2.31. The van der Waals surface area contributed by atoms with Crippen LogP contribution >= 0.6 is 0 Å². The maximum absolute atomic E-state index is 10.8. The first-order valence-electron chi connectivity index (χ1n) is 3.45. The molecule has 0 aromatic rings. The van der Waals surface area contributed by atoms with Gasteiger partial charge in [0.15, 0.2) is 0 Å². The molecule has 2 rings (SSSR count). The van der Waals surface area contributed by atoms with Gasteiger partial charge >= 0.3 is 11.9 Å². The molecule has 0 amide bonds. The molecule has 3 unspecified atom stereocenters. The number of ether oxygens (including phenoxy) is 1. The van der Waals surface area contributed by atoms with Crippen LogP contribution in [0.1, 0.15) is 13.3 Å². The van der Waals surface area contributed by atoms with Crippen molar-refractivity contribution in [3.63, 3.8) is 0 Å². The first-order valence-corrected chi connectivity index (χ1v) is 3.45. The number of carbonyl (C=O) groups excluding carboxylic acids is 2. The Morgan fingerprint density at radius 1 is 1.40 bits per heavy atom. The molecule has 0 spiro atoms. The molecule has 3 nitrogen and oxygen atoms in total. The van der Waals surface area contributed by atoms with Crippen molar-refractivity contribution in [2.75, 3.05) is 0 Å². The van der Waals surface area contributed by atoms with Crippen molar-refractivity contribution in [3.8, 4) is 0 Å². The maximum Gasteiger partial charge on any atom is 0.317 e. The van der Waals surface area contributed by atoms with Gasteiger partial charge in [-0.15, -0.1) is 0 Å². The van der Waals surface area contributed by atoms with Crippen LogP contribution in [0.2, 0.25) is 0 Å². The Kier molecular flexibility index (Phi) is 0.938. The van der Waals surface area contributed by atoms with Crippen LogP contribution in [0.4, 0.5) is 0 Å². The minimum atomic E-state index is -0.312. The molecule has 0 N–H and O–H groups in total. The third-order valence-electron chi connectivity index (χ3n) is 2.45. The normalized spacial score (nSPS) is 44.3. The Labute approximate surface area is 58.4 Å². The Hall–Kier alpha value is -0.860. The van der Waals surface area contributed by atoms with Crippen molar-refractivity contribution in [1.29, 1.82) is 0 Å². The van der Waals surface area contributed by atoms with Crippen LogP contribution in [0, 0.1) is 17.8 Å². The van der Waals surface area contributed by atoms with Gasteiger partial charge in [0.05, 0.1) is 11.8 Å². The van der Waals surface area contributed by atoms with Crippen LogP contribution in [-0.2, 0) is 14.3 Å². The van der Waals surface area contributed by atoms with E-state index in [2.05, 4.69) is 4.74 Å². The zero-order valence-corrected chi connectivity index (χ0v) is 5.66. The minimum absolute atomic E-state index is 0.0949. The monoisotopic (exact) mass is 140 g/mol. The molecule has 3 heteroatoms. The predicted octanol–water partition coefficient (Wildman–Crippen LogP) is 0.342. The van der Waals surface area contributed by atoms with E-state index < -0.39 is 0 Å². The molecular formula is C7H8O3. The maximum atomic E-state index is 10.8. The molecule has 1 aliphatic carbocycles. The van der Waals surface area contributed by atoms with Gasteiger partial charge < -0.3 is 4.74 Å². The van der Waals surface area contributed by atoms with E-state index in [-0.39, 0.29) is 23.8 Å². The fourth-order valence-electron chi connectivity index (χ4n) is 1.78. The van der Waals surface area contributed by atoms with Crippen LogP contribution in [0.25, 0.3) is 0 Å². The van der Waals surface area contributed by atoms with Gasteiger partial charge in [-0.2, -0.15) is 0 Å². The van der Waals surface area contributed by atoms with Gasteiger partial charge in [-0.1, -0.05) is 6.92 Å². The van der Waals surface area contributed by atoms with E-state index in [1.54, 1.807) is 0 Å². The quantitative estimate of drug-likeness (QED) is 0.360. The van der Waals surface area contributed by atoms with Gasteiger partial charge in [0.2, 0.25) is 0 Å². The fraction of sp³-hybridized carbons (Fsp3) is 0.714. The molecule has 0 radical (unpaired) electrons. The van der Waals surface area contributed by atoms with Gasteiger partial charge in [0.1, 0.15) is 0 Å². The predicted molar refractivity (Wildman–Crippen MR) is 31.9 cm³/mol. The van der Waals surface area contributed by atoms with Crippen LogP contribution in [0.15, 0.2) is 0 Å². The van der Waals surface area contributed by atoms with Crippen LogP contribution < -0.4 is 0 Å². The van der Waals surface area contributed by atoms with E-state index in [0.29, 0.717) is 5.92 Å². The van der Waals surface area contributed by atoms with Crippen molar-refractivity contribution in [1.82, 2.24) is 0 Å². The number of esters is 2. The second-order valence-corrected chi connectivity index (χ2v) is 3.09. The summed E-state index contributed by atoms with van der Waals surface area (Å²) >= 11 is 0. The van der Waals surface area contributed by atoms with E-state index in [0.717, 1.165) is 6.42 Å². The third-order valence-corrected chi connectivity index (χ3v) is 2.45. The van der Waals surface area contributed by atoms with Crippen molar-refractivity contribution in [2.24, 2.45) is 17.8 Å². The second kappa shape index (κ2) is 1.59. The average Bonchev–Trinajstić information content (AvgIpc) is 2.01. The molecule has 0 aromatic carbocycles. The summed E-state index contributed by atoms with van der Waals surface area (Å²) in [4.78, 5) is 21.6. The van der Waals surface area contributed by atoms with Gasteiger partial charge in [0, 0.05) is 0 Å². The third kappa shape index (κ3) is 0.503. The molecule has 1 saturated heterocycles. The summed E-state index contributed by atoms with van der Waals surface area (Å²) < 4.78 is 4.44. The van der Waals surface area contributed by atoms with Crippen molar-refractivity contribution < 1.29 is 14.3 Å². The largest absolute Gasteiger partial charge is 0.393 e. The van der Waals surface area contributed by atoms with Gasteiger partial charge in [-0.25, -0.2) is 0 Å². The lowest BCUT2D eigenvalue weighted by molar-refractivity contribution is -0.153. The van der Waals surface area contributed by atoms with Crippen LogP contribution in [0.3, 0.4) is 0 Å². The Morgan fingerprint density at radius 3 is 2.50 bits per heavy atom.